The maximum atomic E-state index is 14.5. The van der Waals surface area contributed by atoms with Gasteiger partial charge in [0, 0.05) is 38.7 Å². The van der Waals surface area contributed by atoms with E-state index in [0.29, 0.717) is 31.6 Å². The van der Waals surface area contributed by atoms with Gasteiger partial charge >= 0.3 is 0 Å². The molecule has 112 valence electrons. The minimum Gasteiger partial charge on any atom is -0.494 e. The number of benzene rings is 1. The lowest BCUT2D eigenvalue weighted by molar-refractivity contribution is -0.112. The third kappa shape index (κ3) is 2.64. The number of rotatable bonds is 5. The molecule has 3 N–H and O–H groups in total. The molecule has 0 bridgehead atoms. The molecule has 1 saturated heterocycles. The van der Waals surface area contributed by atoms with E-state index in [-0.39, 0.29) is 5.75 Å². The molecule has 1 aromatic rings. The van der Waals surface area contributed by atoms with Crippen molar-refractivity contribution in [2.75, 3.05) is 27.4 Å². The highest BCUT2D eigenvalue weighted by atomic mass is 19.1. The van der Waals surface area contributed by atoms with Gasteiger partial charge in [0.2, 0.25) is 0 Å². The third-order valence-electron chi connectivity index (χ3n) is 3.96. The van der Waals surface area contributed by atoms with Crippen molar-refractivity contribution in [1.82, 2.24) is 5.43 Å². The second-order valence-electron chi connectivity index (χ2n) is 4.84. The van der Waals surface area contributed by atoms with E-state index in [1.807, 2.05) is 0 Å². The van der Waals surface area contributed by atoms with E-state index in [1.165, 1.54) is 7.11 Å². The molecule has 1 heterocycles. The topological polar surface area (TPSA) is 65.7 Å². The van der Waals surface area contributed by atoms with Crippen molar-refractivity contribution < 1.29 is 18.6 Å². The van der Waals surface area contributed by atoms with Crippen molar-refractivity contribution in [3.8, 4) is 5.75 Å². The lowest BCUT2D eigenvalue weighted by Crippen LogP contribution is -2.51. The van der Waals surface area contributed by atoms with Gasteiger partial charge in [0.1, 0.15) is 0 Å². The first kappa shape index (κ1) is 15.2. The zero-order valence-corrected chi connectivity index (χ0v) is 11.8. The summed E-state index contributed by atoms with van der Waals surface area (Å²) in [4.78, 5) is 0. The molecule has 1 aliphatic heterocycles. The van der Waals surface area contributed by atoms with Gasteiger partial charge in [-0.25, -0.2) is 9.82 Å². The number of hydrogen-bond acceptors (Lipinski definition) is 5. The van der Waals surface area contributed by atoms with Gasteiger partial charge in [-0.1, -0.05) is 12.1 Å². The van der Waals surface area contributed by atoms with Gasteiger partial charge in [0.25, 0.3) is 0 Å². The van der Waals surface area contributed by atoms with Crippen LogP contribution in [0.2, 0.25) is 0 Å². The predicted molar refractivity (Wildman–Crippen MR) is 72.8 cm³/mol. The molecule has 0 radical (unpaired) electrons. The van der Waals surface area contributed by atoms with E-state index in [9.17, 15) is 4.39 Å². The molecule has 0 saturated carbocycles. The van der Waals surface area contributed by atoms with Gasteiger partial charge in [-0.3, -0.25) is 5.84 Å². The van der Waals surface area contributed by atoms with Crippen LogP contribution in [0.4, 0.5) is 4.39 Å². The minimum absolute atomic E-state index is 0.195. The normalized spacial score (nSPS) is 19.6. The highest BCUT2D eigenvalue weighted by molar-refractivity contribution is 5.34. The number of hydrogen-bond donors (Lipinski definition) is 2. The second-order valence-corrected chi connectivity index (χ2v) is 4.84. The van der Waals surface area contributed by atoms with Crippen LogP contribution in [0.3, 0.4) is 0 Å². The number of halogens is 1. The van der Waals surface area contributed by atoms with Gasteiger partial charge in [-0.15, -0.1) is 0 Å². The maximum absolute atomic E-state index is 14.5. The molecule has 0 aromatic heterocycles. The Morgan fingerprint density at radius 2 is 2.05 bits per heavy atom. The van der Waals surface area contributed by atoms with E-state index >= 15 is 0 Å². The minimum atomic E-state index is -0.583. The Balaban J connectivity index is 2.40. The lowest BCUT2D eigenvalue weighted by Gasteiger charge is -2.42. The third-order valence-corrected chi connectivity index (χ3v) is 3.96. The number of hydrazine groups is 1. The highest BCUT2D eigenvalue weighted by Gasteiger charge is 2.42. The summed E-state index contributed by atoms with van der Waals surface area (Å²) in [6, 6.07) is 4.55. The van der Waals surface area contributed by atoms with Crippen molar-refractivity contribution >= 4 is 0 Å². The van der Waals surface area contributed by atoms with Crippen LogP contribution in [-0.4, -0.2) is 33.0 Å². The Labute approximate surface area is 118 Å². The molecule has 1 unspecified atom stereocenters. The van der Waals surface area contributed by atoms with Crippen molar-refractivity contribution in [3.05, 3.63) is 29.6 Å². The molecule has 1 atom stereocenters. The fourth-order valence-electron chi connectivity index (χ4n) is 2.76. The number of nitrogens with two attached hydrogens (primary N) is 1. The van der Waals surface area contributed by atoms with E-state index in [4.69, 9.17) is 20.1 Å². The van der Waals surface area contributed by atoms with Crippen molar-refractivity contribution in [2.24, 2.45) is 5.84 Å². The number of ether oxygens (including phenoxy) is 3. The van der Waals surface area contributed by atoms with Crippen LogP contribution in [0.5, 0.6) is 5.75 Å². The summed E-state index contributed by atoms with van der Waals surface area (Å²) in [5.41, 5.74) is 2.55. The summed E-state index contributed by atoms with van der Waals surface area (Å²) in [6.45, 7) is 1.13. The van der Waals surface area contributed by atoms with Crippen molar-refractivity contribution in [2.45, 2.75) is 24.5 Å². The molecule has 1 fully saturated rings. The van der Waals surface area contributed by atoms with Crippen LogP contribution in [0.15, 0.2) is 18.2 Å². The molecule has 1 aromatic carbocycles. The molecular formula is C14H21FN2O3. The van der Waals surface area contributed by atoms with Gasteiger partial charge in [0.05, 0.1) is 18.8 Å². The molecule has 1 aliphatic rings. The first-order valence-corrected chi connectivity index (χ1v) is 6.60. The maximum Gasteiger partial charge on any atom is 0.169 e. The lowest BCUT2D eigenvalue weighted by atomic mass is 9.82. The molecule has 2 rings (SSSR count). The Bertz CT molecular complexity index is 450. The van der Waals surface area contributed by atoms with Crippen LogP contribution in [-0.2, 0) is 9.47 Å². The average Bonchev–Trinajstić information content (AvgIpc) is 2.50. The molecule has 0 aliphatic carbocycles. The number of nitrogens with one attached hydrogen (secondary N) is 1. The van der Waals surface area contributed by atoms with Crippen LogP contribution >= 0.6 is 0 Å². The smallest absolute Gasteiger partial charge is 0.169 e. The van der Waals surface area contributed by atoms with Gasteiger partial charge in [-0.2, -0.15) is 0 Å². The molecule has 0 amide bonds. The second kappa shape index (κ2) is 6.49. The first-order valence-electron chi connectivity index (χ1n) is 6.60. The van der Waals surface area contributed by atoms with Crippen LogP contribution in [0, 0.1) is 5.82 Å². The zero-order chi connectivity index (χ0) is 14.6. The van der Waals surface area contributed by atoms with E-state index in [0.717, 1.165) is 0 Å². The Kier molecular flexibility index (Phi) is 4.93. The molecule has 6 heteroatoms. The van der Waals surface area contributed by atoms with Gasteiger partial charge in [-0.05, 0) is 6.07 Å². The van der Waals surface area contributed by atoms with E-state index < -0.39 is 17.5 Å². The monoisotopic (exact) mass is 284 g/mol. The summed E-state index contributed by atoms with van der Waals surface area (Å²) in [5, 5.41) is 0. The van der Waals surface area contributed by atoms with Crippen molar-refractivity contribution in [1.29, 1.82) is 0 Å². The average molecular weight is 284 g/mol. The standard InChI is InChI=1S/C14H21FN2O3/c1-18-11-5-3-4-10(12(11)15)13(17-16)14(19-2)6-8-20-9-7-14/h3-5,13,17H,6-9,16H2,1-2H3. The van der Waals surface area contributed by atoms with Crippen LogP contribution in [0.1, 0.15) is 24.4 Å². The summed E-state index contributed by atoms with van der Waals surface area (Å²) in [5.74, 6) is 5.46. The summed E-state index contributed by atoms with van der Waals surface area (Å²) in [7, 11) is 3.06. The number of methoxy groups -OCH3 is 2. The summed E-state index contributed by atoms with van der Waals surface area (Å²) >= 11 is 0. The van der Waals surface area contributed by atoms with Gasteiger partial charge < -0.3 is 14.2 Å². The Morgan fingerprint density at radius 3 is 2.60 bits per heavy atom. The van der Waals surface area contributed by atoms with E-state index in [1.54, 1.807) is 25.3 Å². The molecule has 5 nitrogen and oxygen atoms in total. The Hall–Kier alpha value is -1.21. The largest absolute Gasteiger partial charge is 0.494 e. The van der Waals surface area contributed by atoms with Crippen LogP contribution < -0.4 is 16.0 Å². The quantitative estimate of drug-likeness (QED) is 0.634. The fourth-order valence-corrected chi connectivity index (χ4v) is 2.76. The Morgan fingerprint density at radius 1 is 1.35 bits per heavy atom. The molecule has 20 heavy (non-hydrogen) atoms. The predicted octanol–water partition coefficient (Wildman–Crippen LogP) is 1.53. The fraction of sp³-hybridized carbons (Fsp3) is 0.571. The highest BCUT2D eigenvalue weighted by Crippen LogP contribution is 2.39. The van der Waals surface area contributed by atoms with E-state index in [2.05, 4.69) is 5.43 Å². The van der Waals surface area contributed by atoms with Crippen molar-refractivity contribution in [3.63, 3.8) is 0 Å². The SMILES string of the molecule is COc1cccc(C(NN)C2(OC)CCOCC2)c1F. The van der Waals surface area contributed by atoms with Crippen LogP contribution in [0.25, 0.3) is 0 Å². The summed E-state index contributed by atoms with van der Waals surface area (Å²) in [6.07, 6.45) is 1.30. The first-order chi connectivity index (χ1) is 9.68. The zero-order valence-electron chi connectivity index (χ0n) is 11.8. The summed E-state index contributed by atoms with van der Waals surface area (Å²) < 4.78 is 30.5. The molecule has 0 spiro atoms. The van der Waals surface area contributed by atoms with Gasteiger partial charge in [0.15, 0.2) is 11.6 Å². The molecular weight excluding hydrogens is 263 g/mol.